The van der Waals surface area contributed by atoms with Gasteiger partial charge in [0.2, 0.25) is 0 Å². The molecule has 1 fully saturated rings. The summed E-state index contributed by atoms with van der Waals surface area (Å²) in [6, 6.07) is 14.2. The van der Waals surface area contributed by atoms with E-state index in [0.717, 1.165) is 47.9 Å². The summed E-state index contributed by atoms with van der Waals surface area (Å²) in [6.45, 7) is 6.40. The fourth-order valence-electron chi connectivity index (χ4n) is 5.05. The van der Waals surface area contributed by atoms with Crippen molar-refractivity contribution in [3.8, 4) is 0 Å². The van der Waals surface area contributed by atoms with E-state index in [-0.39, 0.29) is 23.5 Å². The summed E-state index contributed by atoms with van der Waals surface area (Å²) in [7, 11) is 0. The van der Waals surface area contributed by atoms with Crippen molar-refractivity contribution in [3.63, 3.8) is 0 Å². The molecule has 5 rings (SSSR count). The molecular weight excluding hydrogens is 459 g/mol. The highest BCUT2D eigenvalue weighted by Crippen LogP contribution is 2.27. The standard InChI is InChI=1S/C27H31FN6O2/c1-3-24(26-30-31-32-34(26)15-19-9-11-22(28)12-10-19)33(17-23-8-5-13-36-23)16-21-14-20-7-4-6-18(2)25(20)29-27(21)35/h4,6-7,9-12,14,23-24H,3,5,8,13,15-17H2,1-2H3,(H,29,35). The van der Waals surface area contributed by atoms with E-state index in [1.165, 1.54) is 12.1 Å². The first kappa shape index (κ1) is 24.3. The number of hydrogen-bond donors (Lipinski definition) is 1. The van der Waals surface area contributed by atoms with Gasteiger partial charge in [-0.05, 0) is 71.3 Å². The molecule has 0 bridgehead atoms. The SMILES string of the molecule is CCC(c1nnnn1Cc1ccc(F)cc1)N(Cc1cc2cccc(C)c2[nH]c1=O)CC1CCCO1. The van der Waals surface area contributed by atoms with Crippen LogP contribution in [-0.2, 0) is 17.8 Å². The number of aromatic amines is 1. The largest absolute Gasteiger partial charge is 0.377 e. The van der Waals surface area contributed by atoms with Crippen LogP contribution in [0.2, 0.25) is 0 Å². The number of H-pyrrole nitrogens is 1. The van der Waals surface area contributed by atoms with Gasteiger partial charge in [-0.2, -0.15) is 0 Å². The Bertz CT molecular complexity index is 1380. The minimum absolute atomic E-state index is 0.0881. The zero-order chi connectivity index (χ0) is 25.1. The first-order chi connectivity index (χ1) is 17.5. The van der Waals surface area contributed by atoms with E-state index in [2.05, 4.69) is 32.3 Å². The molecule has 2 aromatic heterocycles. The number of nitrogens with one attached hydrogen (secondary N) is 1. The predicted molar refractivity (Wildman–Crippen MR) is 135 cm³/mol. The van der Waals surface area contributed by atoms with E-state index >= 15 is 0 Å². The number of benzene rings is 2. The van der Waals surface area contributed by atoms with Gasteiger partial charge >= 0.3 is 0 Å². The van der Waals surface area contributed by atoms with Gasteiger partial charge < -0.3 is 9.72 Å². The van der Waals surface area contributed by atoms with Crippen molar-refractivity contribution in [2.75, 3.05) is 13.2 Å². The summed E-state index contributed by atoms with van der Waals surface area (Å²) < 4.78 is 21.1. The lowest BCUT2D eigenvalue weighted by Gasteiger charge is -2.32. The van der Waals surface area contributed by atoms with Gasteiger partial charge in [-0.1, -0.05) is 37.3 Å². The van der Waals surface area contributed by atoms with Crippen molar-refractivity contribution in [1.29, 1.82) is 0 Å². The molecule has 9 heteroatoms. The maximum Gasteiger partial charge on any atom is 0.252 e. The number of nitrogens with zero attached hydrogens (tertiary/aromatic N) is 5. The molecule has 1 aliphatic heterocycles. The first-order valence-electron chi connectivity index (χ1n) is 12.5. The highest BCUT2D eigenvalue weighted by atomic mass is 19.1. The number of aromatic nitrogens is 5. The number of fused-ring (bicyclic) bond motifs is 1. The van der Waals surface area contributed by atoms with Crippen molar-refractivity contribution in [2.24, 2.45) is 0 Å². The number of pyridine rings is 1. The molecule has 0 saturated carbocycles. The third-order valence-electron chi connectivity index (χ3n) is 6.93. The molecule has 1 aliphatic rings. The molecule has 8 nitrogen and oxygen atoms in total. The predicted octanol–water partition coefficient (Wildman–Crippen LogP) is 4.14. The average molecular weight is 491 g/mol. The van der Waals surface area contributed by atoms with E-state index in [1.807, 2.05) is 31.2 Å². The van der Waals surface area contributed by atoms with Gasteiger partial charge in [0.05, 0.1) is 24.2 Å². The molecule has 1 N–H and O–H groups in total. The number of para-hydroxylation sites is 1. The second kappa shape index (κ2) is 10.7. The maximum absolute atomic E-state index is 13.4. The number of rotatable bonds is 9. The van der Waals surface area contributed by atoms with E-state index in [9.17, 15) is 9.18 Å². The molecular formula is C27H31FN6O2. The second-order valence-corrected chi connectivity index (χ2v) is 9.47. The monoisotopic (exact) mass is 490 g/mol. The van der Waals surface area contributed by atoms with Crippen LogP contribution in [0.15, 0.2) is 53.3 Å². The van der Waals surface area contributed by atoms with E-state index in [0.29, 0.717) is 31.0 Å². The van der Waals surface area contributed by atoms with Crippen molar-refractivity contribution in [1.82, 2.24) is 30.1 Å². The molecule has 188 valence electrons. The zero-order valence-electron chi connectivity index (χ0n) is 20.7. The van der Waals surface area contributed by atoms with Crippen molar-refractivity contribution in [2.45, 2.75) is 58.3 Å². The summed E-state index contributed by atoms with van der Waals surface area (Å²) in [5, 5.41) is 13.6. The maximum atomic E-state index is 13.4. The topological polar surface area (TPSA) is 88.9 Å². The Hall–Kier alpha value is -3.43. The molecule has 1 saturated heterocycles. The van der Waals surface area contributed by atoms with Crippen LogP contribution in [-0.4, -0.2) is 49.3 Å². The van der Waals surface area contributed by atoms with Crippen LogP contribution in [0.25, 0.3) is 10.9 Å². The third kappa shape index (κ3) is 5.22. The zero-order valence-corrected chi connectivity index (χ0v) is 20.7. The molecule has 2 atom stereocenters. The van der Waals surface area contributed by atoms with Crippen LogP contribution in [0.4, 0.5) is 4.39 Å². The molecule has 0 amide bonds. The highest BCUT2D eigenvalue weighted by Gasteiger charge is 2.29. The van der Waals surface area contributed by atoms with Gasteiger partial charge in [-0.3, -0.25) is 9.69 Å². The number of ether oxygens (including phenoxy) is 1. The summed E-state index contributed by atoms with van der Waals surface area (Å²) in [6.07, 6.45) is 2.87. The lowest BCUT2D eigenvalue weighted by atomic mass is 10.1. The lowest BCUT2D eigenvalue weighted by Crippen LogP contribution is -2.37. The number of tetrazole rings is 1. The van der Waals surface area contributed by atoms with Gasteiger partial charge in [-0.25, -0.2) is 9.07 Å². The first-order valence-corrected chi connectivity index (χ1v) is 12.5. The Morgan fingerprint density at radius 2 is 2.08 bits per heavy atom. The van der Waals surface area contributed by atoms with E-state index in [1.54, 1.807) is 16.8 Å². The molecule has 3 heterocycles. The van der Waals surface area contributed by atoms with Gasteiger partial charge in [0.1, 0.15) is 5.82 Å². The van der Waals surface area contributed by atoms with Crippen LogP contribution < -0.4 is 5.56 Å². The smallest absolute Gasteiger partial charge is 0.252 e. The minimum Gasteiger partial charge on any atom is -0.377 e. The minimum atomic E-state index is -0.277. The summed E-state index contributed by atoms with van der Waals surface area (Å²) in [4.78, 5) is 18.4. The fraction of sp³-hybridized carbons (Fsp3) is 0.407. The quantitative estimate of drug-likeness (QED) is 0.379. The highest BCUT2D eigenvalue weighted by molar-refractivity contribution is 5.81. The molecule has 4 aromatic rings. The molecule has 36 heavy (non-hydrogen) atoms. The lowest BCUT2D eigenvalue weighted by molar-refractivity contribution is 0.0489. The Morgan fingerprint density at radius 1 is 1.25 bits per heavy atom. The molecule has 0 aliphatic carbocycles. The van der Waals surface area contributed by atoms with Crippen molar-refractivity contribution < 1.29 is 9.13 Å². The molecule has 2 unspecified atom stereocenters. The fourth-order valence-corrected chi connectivity index (χ4v) is 5.05. The van der Waals surface area contributed by atoms with Crippen molar-refractivity contribution >= 4 is 10.9 Å². The van der Waals surface area contributed by atoms with Crippen LogP contribution in [0.5, 0.6) is 0 Å². The molecule has 0 spiro atoms. The van der Waals surface area contributed by atoms with E-state index in [4.69, 9.17) is 4.74 Å². The Balaban J connectivity index is 1.47. The van der Waals surface area contributed by atoms with Gasteiger partial charge in [0.25, 0.3) is 5.56 Å². The number of hydrogen-bond acceptors (Lipinski definition) is 6. The van der Waals surface area contributed by atoms with Crippen LogP contribution in [0.1, 0.15) is 54.7 Å². The number of halogens is 1. The van der Waals surface area contributed by atoms with E-state index < -0.39 is 0 Å². The van der Waals surface area contributed by atoms with Gasteiger partial charge in [0.15, 0.2) is 5.82 Å². The van der Waals surface area contributed by atoms with Crippen molar-refractivity contribution in [3.05, 3.63) is 87.2 Å². The van der Waals surface area contributed by atoms with Crippen LogP contribution in [0.3, 0.4) is 0 Å². The Kier molecular flexibility index (Phi) is 7.20. The average Bonchev–Trinajstić information content (AvgIpc) is 3.55. The van der Waals surface area contributed by atoms with Crippen LogP contribution >= 0.6 is 0 Å². The Morgan fingerprint density at radius 3 is 2.83 bits per heavy atom. The van der Waals surface area contributed by atoms with Gasteiger partial charge in [-0.15, -0.1) is 5.10 Å². The summed E-state index contributed by atoms with van der Waals surface area (Å²) >= 11 is 0. The normalized spacial score (nSPS) is 16.7. The Labute approximate surface area is 209 Å². The molecule has 2 aromatic carbocycles. The number of aryl methyl sites for hydroxylation is 1. The molecule has 0 radical (unpaired) electrons. The van der Waals surface area contributed by atoms with Gasteiger partial charge in [0, 0.05) is 25.3 Å². The third-order valence-corrected chi connectivity index (χ3v) is 6.93. The van der Waals surface area contributed by atoms with Crippen LogP contribution in [0, 0.1) is 12.7 Å². The summed E-state index contributed by atoms with van der Waals surface area (Å²) in [5.74, 6) is 0.438. The summed E-state index contributed by atoms with van der Waals surface area (Å²) in [5.41, 5.74) is 3.43. The second-order valence-electron chi connectivity index (χ2n) is 9.47.